The summed E-state index contributed by atoms with van der Waals surface area (Å²) in [5, 5.41) is 9.59. The van der Waals surface area contributed by atoms with E-state index in [0.717, 1.165) is 26.9 Å². The molecule has 0 amide bonds. The molecule has 2 aromatic rings. The lowest BCUT2D eigenvalue weighted by Crippen LogP contribution is -2.03. The fraction of sp³-hybridized carbons (Fsp3) is 0.154. The van der Waals surface area contributed by atoms with E-state index in [1.54, 1.807) is 0 Å². The van der Waals surface area contributed by atoms with Crippen molar-refractivity contribution in [2.45, 2.75) is 13.8 Å². The minimum Gasteiger partial charge on any atom is -0.476 e. The second-order valence-electron chi connectivity index (χ2n) is 4.04. The van der Waals surface area contributed by atoms with Gasteiger partial charge in [-0.15, -0.1) is 11.3 Å². The average Bonchev–Trinajstić information content (AvgIpc) is 2.73. The van der Waals surface area contributed by atoms with Gasteiger partial charge in [0.05, 0.1) is 0 Å². The lowest BCUT2D eigenvalue weighted by atomic mass is 10.2. The average molecular weight is 340 g/mol. The molecule has 0 aliphatic heterocycles. The molecule has 0 unspecified atom stereocenters. The van der Waals surface area contributed by atoms with Crippen molar-refractivity contribution in [1.82, 2.24) is 4.98 Å². The third-order valence-corrected chi connectivity index (χ3v) is 4.35. The van der Waals surface area contributed by atoms with Gasteiger partial charge in [-0.05, 0) is 18.6 Å². The Morgan fingerprint density at radius 3 is 2.53 bits per heavy atom. The largest absolute Gasteiger partial charge is 0.476 e. The maximum absolute atomic E-state index is 11.4. The van der Waals surface area contributed by atoms with E-state index in [9.17, 15) is 9.59 Å². The number of halogens is 1. The maximum Gasteiger partial charge on any atom is 0.356 e. The number of carbonyl (C=O) groups is 2. The first-order valence-electron chi connectivity index (χ1n) is 5.41. The topological polar surface area (TPSA) is 67.3 Å². The van der Waals surface area contributed by atoms with Crippen LogP contribution in [0.4, 0.5) is 0 Å². The van der Waals surface area contributed by atoms with E-state index in [0.29, 0.717) is 5.01 Å². The zero-order valence-corrected chi connectivity index (χ0v) is 12.6. The van der Waals surface area contributed by atoms with Gasteiger partial charge in [0.2, 0.25) is 0 Å². The molecule has 2 rings (SSSR count). The van der Waals surface area contributed by atoms with E-state index in [1.807, 2.05) is 25.1 Å². The Morgan fingerprint density at radius 2 is 2.05 bits per heavy atom. The van der Waals surface area contributed by atoms with Gasteiger partial charge in [0.1, 0.15) is 9.88 Å². The zero-order valence-electron chi connectivity index (χ0n) is 10.2. The molecule has 0 fully saturated rings. The van der Waals surface area contributed by atoms with Crippen molar-refractivity contribution in [3.05, 3.63) is 38.8 Å². The summed E-state index contributed by atoms with van der Waals surface area (Å²) in [4.78, 5) is 26.8. The summed E-state index contributed by atoms with van der Waals surface area (Å²) in [7, 11) is 0. The minimum absolute atomic E-state index is 0.176. The fourth-order valence-corrected chi connectivity index (χ4v) is 3.42. The summed E-state index contributed by atoms with van der Waals surface area (Å²) < 4.78 is 0.827. The molecule has 1 heterocycles. The molecule has 0 atom stereocenters. The summed E-state index contributed by atoms with van der Waals surface area (Å²) in [6.45, 7) is 3.30. The van der Waals surface area contributed by atoms with Crippen LogP contribution in [0.25, 0.3) is 10.6 Å². The number of aromatic nitrogens is 1. The molecule has 6 heteroatoms. The van der Waals surface area contributed by atoms with Crippen LogP contribution in [-0.2, 0) is 0 Å². The van der Waals surface area contributed by atoms with Crippen LogP contribution in [0.3, 0.4) is 0 Å². The molecule has 98 valence electrons. The molecule has 0 saturated carbocycles. The number of ketones is 1. The van der Waals surface area contributed by atoms with Crippen molar-refractivity contribution in [3.8, 4) is 10.6 Å². The van der Waals surface area contributed by atoms with Gasteiger partial charge in [0.15, 0.2) is 11.5 Å². The first-order chi connectivity index (χ1) is 8.90. The number of benzene rings is 1. The third kappa shape index (κ3) is 2.74. The van der Waals surface area contributed by atoms with Crippen molar-refractivity contribution >= 4 is 39.0 Å². The number of rotatable bonds is 3. The number of thiazole rings is 1. The molecule has 0 saturated heterocycles. The number of aromatic carboxylic acids is 1. The first-order valence-corrected chi connectivity index (χ1v) is 7.02. The number of aryl methyl sites for hydroxylation is 1. The summed E-state index contributed by atoms with van der Waals surface area (Å²) in [5.41, 5.74) is 1.68. The highest BCUT2D eigenvalue weighted by atomic mass is 79.9. The van der Waals surface area contributed by atoms with Crippen molar-refractivity contribution < 1.29 is 14.7 Å². The summed E-state index contributed by atoms with van der Waals surface area (Å²) in [5.74, 6) is -1.47. The first kappa shape index (κ1) is 13.9. The van der Waals surface area contributed by atoms with Crippen LogP contribution in [0.2, 0.25) is 0 Å². The number of carboxylic acid groups (broad SMARTS) is 1. The van der Waals surface area contributed by atoms with E-state index >= 15 is 0 Å². The zero-order chi connectivity index (χ0) is 14.2. The van der Waals surface area contributed by atoms with E-state index in [4.69, 9.17) is 5.11 Å². The van der Waals surface area contributed by atoms with Crippen LogP contribution in [0, 0.1) is 6.92 Å². The molecule has 0 aliphatic carbocycles. The highest BCUT2D eigenvalue weighted by Crippen LogP contribution is 2.34. The number of carbonyl (C=O) groups excluding carboxylic acids is 1. The van der Waals surface area contributed by atoms with Gasteiger partial charge in [-0.25, -0.2) is 9.78 Å². The van der Waals surface area contributed by atoms with Gasteiger partial charge in [-0.1, -0.05) is 28.1 Å². The standard InChI is InChI=1S/C13H10BrNO3S/c1-6-3-4-8(9(14)5-6)12-15-10(13(17)18)11(19-12)7(2)16/h3-5H,1-2H3,(H,17,18). The van der Waals surface area contributed by atoms with Crippen LogP contribution < -0.4 is 0 Å². The normalized spacial score (nSPS) is 10.5. The second-order valence-corrected chi connectivity index (χ2v) is 5.89. The number of Topliss-reactive ketones (excluding diaryl/α,β-unsaturated/α-hetero) is 1. The predicted molar refractivity (Wildman–Crippen MR) is 77.0 cm³/mol. The molecule has 19 heavy (non-hydrogen) atoms. The Labute approximate surface area is 122 Å². The second kappa shape index (κ2) is 5.22. The van der Waals surface area contributed by atoms with E-state index in [-0.39, 0.29) is 16.4 Å². The van der Waals surface area contributed by atoms with Crippen molar-refractivity contribution in [3.63, 3.8) is 0 Å². The lowest BCUT2D eigenvalue weighted by Gasteiger charge is -2.01. The van der Waals surface area contributed by atoms with E-state index < -0.39 is 5.97 Å². The highest BCUT2D eigenvalue weighted by molar-refractivity contribution is 9.10. The predicted octanol–water partition coefficient (Wildman–Crippen LogP) is 3.78. The van der Waals surface area contributed by atoms with Crippen LogP contribution >= 0.6 is 27.3 Å². The van der Waals surface area contributed by atoms with Gasteiger partial charge in [-0.2, -0.15) is 0 Å². The summed E-state index contributed by atoms with van der Waals surface area (Å²) >= 11 is 4.52. The quantitative estimate of drug-likeness (QED) is 0.864. The molecule has 0 aliphatic rings. The van der Waals surface area contributed by atoms with Crippen LogP contribution in [-0.4, -0.2) is 21.8 Å². The van der Waals surface area contributed by atoms with Gasteiger partial charge < -0.3 is 5.11 Å². The number of carboxylic acids is 1. The molecule has 1 N–H and O–H groups in total. The summed E-state index contributed by atoms with van der Waals surface area (Å²) in [6, 6.07) is 5.69. The SMILES string of the molecule is CC(=O)c1sc(-c2ccc(C)cc2Br)nc1C(=O)O. The van der Waals surface area contributed by atoms with Gasteiger partial charge in [0.25, 0.3) is 0 Å². The molecular weight excluding hydrogens is 330 g/mol. The molecule has 0 spiro atoms. The Morgan fingerprint density at radius 1 is 1.37 bits per heavy atom. The maximum atomic E-state index is 11.4. The smallest absolute Gasteiger partial charge is 0.356 e. The lowest BCUT2D eigenvalue weighted by molar-refractivity contribution is 0.0687. The van der Waals surface area contributed by atoms with E-state index in [2.05, 4.69) is 20.9 Å². The Hall–Kier alpha value is -1.53. The number of nitrogens with zero attached hydrogens (tertiary/aromatic N) is 1. The van der Waals surface area contributed by atoms with Crippen molar-refractivity contribution in [1.29, 1.82) is 0 Å². The number of hydrogen-bond acceptors (Lipinski definition) is 4. The molecule has 1 aromatic heterocycles. The highest BCUT2D eigenvalue weighted by Gasteiger charge is 2.21. The molecule has 0 bridgehead atoms. The van der Waals surface area contributed by atoms with Crippen LogP contribution in [0.1, 0.15) is 32.6 Å². The van der Waals surface area contributed by atoms with Crippen molar-refractivity contribution in [2.75, 3.05) is 0 Å². The Bertz CT molecular complexity index is 647. The Balaban J connectivity index is 2.60. The molecule has 1 aromatic carbocycles. The van der Waals surface area contributed by atoms with Crippen LogP contribution in [0.15, 0.2) is 22.7 Å². The van der Waals surface area contributed by atoms with Gasteiger partial charge >= 0.3 is 5.97 Å². The number of hydrogen-bond donors (Lipinski definition) is 1. The van der Waals surface area contributed by atoms with E-state index in [1.165, 1.54) is 6.92 Å². The van der Waals surface area contributed by atoms with Crippen molar-refractivity contribution in [2.24, 2.45) is 0 Å². The molecule has 0 radical (unpaired) electrons. The third-order valence-electron chi connectivity index (χ3n) is 2.50. The molecular formula is C13H10BrNO3S. The Kier molecular flexibility index (Phi) is 3.82. The summed E-state index contributed by atoms with van der Waals surface area (Å²) in [6.07, 6.45) is 0. The van der Waals surface area contributed by atoms with Gasteiger partial charge in [0, 0.05) is 17.0 Å². The molecule has 4 nitrogen and oxygen atoms in total. The van der Waals surface area contributed by atoms with Gasteiger partial charge in [-0.3, -0.25) is 4.79 Å². The minimum atomic E-state index is -1.18. The monoisotopic (exact) mass is 339 g/mol. The van der Waals surface area contributed by atoms with Crippen LogP contribution in [0.5, 0.6) is 0 Å². The fourth-order valence-electron chi connectivity index (χ4n) is 1.61.